The van der Waals surface area contributed by atoms with Crippen LogP contribution in [0.2, 0.25) is 0 Å². The first-order chi connectivity index (χ1) is 25.8. The van der Waals surface area contributed by atoms with Crippen molar-refractivity contribution in [3.8, 4) is 0 Å². The largest absolute Gasteiger partial charge is 0.422 e. The third-order valence-corrected chi connectivity index (χ3v) is 10.6. The van der Waals surface area contributed by atoms with Crippen LogP contribution in [-0.4, -0.2) is 104 Å². The van der Waals surface area contributed by atoms with E-state index in [2.05, 4.69) is 68.3 Å². The summed E-state index contributed by atoms with van der Waals surface area (Å²) in [6.07, 6.45) is 6.65. The molecule has 2 fully saturated rings. The van der Waals surface area contributed by atoms with E-state index in [1.54, 1.807) is 6.07 Å². The second kappa shape index (κ2) is 16.4. The number of nitrogens with one attached hydrogen (secondary N) is 1. The molecule has 0 aliphatic carbocycles. The van der Waals surface area contributed by atoms with Gasteiger partial charge in [0.15, 0.2) is 0 Å². The van der Waals surface area contributed by atoms with Crippen LogP contribution < -0.4 is 25.3 Å². The number of morpholine rings is 1. The average Bonchev–Trinajstić information content (AvgIpc) is 3.63. The van der Waals surface area contributed by atoms with Crippen molar-refractivity contribution in [2.75, 3.05) is 94.3 Å². The number of hydrogen-bond donors (Lipinski definition) is 1. The fourth-order valence-electron chi connectivity index (χ4n) is 7.29. The van der Waals surface area contributed by atoms with Crippen LogP contribution in [0.1, 0.15) is 37.2 Å². The summed E-state index contributed by atoms with van der Waals surface area (Å²) >= 11 is 0. The molecule has 0 spiro atoms. The van der Waals surface area contributed by atoms with E-state index in [4.69, 9.17) is 9.15 Å². The highest BCUT2D eigenvalue weighted by molar-refractivity contribution is 5.93. The van der Waals surface area contributed by atoms with Crippen LogP contribution in [0, 0.1) is 5.82 Å². The molecule has 5 heterocycles. The summed E-state index contributed by atoms with van der Waals surface area (Å²) in [7, 11) is 4.09. The van der Waals surface area contributed by atoms with Crippen molar-refractivity contribution in [3.05, 3.63) is 81.9 Å². The molecule has 53 heavy (non-hydrogen) atoms. The molecule has 5 aromatic rings. The van der Waals surface area contributed by atoms with Crippen molar-refractivity contribution >= 4 is 51.1 Å². The topological polar surface area (TPSA) is 99.0 Å². The lowest BCUT2D eigenvalue weighted by atomic mass is 10.1. The van der Waals surface area contributed by atoms with E-state index in [0.717, 1.165) is 124 Å². The van der Waals surface area contributed by atoms with Gasteiger partial charge < -0.3 is 29.2 Å². The van der Waals surface area contributed by atoms with Crippen LogP contribution in [0.4, 0.5) is 21.5 Å². The van der Waals surface area contributed by atoms with Crippen molar-refractivity contribution in [1.82, 2.24) is 24.8 Å². The highest BCUT2D eigenvalue weighted by Gasteiger charge is 2.24. The zero-order chi connectivity index (χ0) is 36.9. The number of fused-ring (bicyclic) bond motifs is 2. The first kappa shape index (κ1) is 36.5. The number of halogens is 1. The maximum Gasteiger partial charge on any atom is 0.343 e. The van der Waals surface area contributed by atoms with Crippen LogP contribution >= 0.6 is 0 Å². The molecule has 13 heteroatoms. The number of ether oxygens (including phenoxy) is 1. The summed E-state index contributed by atoms with van der Waals surface area (Å²) in [5.41, 5.74) is 5.50. The monoisotopic (exact) mass is 724 g/mol. The number of nitrogens with zero attached hydrogens (tertiary/aromatic N) is 8. The number of rotatable bonds is 13. The Bertz CT molecular complexity index is 2130. The van der Waals surface area contributed by atoms with Gasteiger partial charge in [-0.2, -0.15) is 4.57 Å². The van der Waals surface area contributed by atoms with Gasteiger partial charge >= 0.3 is 5.63 Å². The lowest BCUT2D eigenvalue weighted by Gasteiger charge is -2.34. The van der Waals surface area contributed by atoms with E-state index in [0.29, 0.717) is 23.4 Å². The predicted octanol–water partition coefficient (Wildman–Crippen LogP) is 4.60. The predicted molar refractivity (Wildman–Crippen MR) is 209 cm³/mol. The second-order valence-electron chi connectivity index (χ2n) is 14.0. The molecule has 2 saturated heterocycles. The molecule has 0 radical (unpaired) electrons. The van der Waals surface area contributed by atoms with Gasteiger partial charge in [0.1, 0.15) is 24.1 Å². The lowest BCUT2D eigenvalue weighted by Crippen LogP contribution is -2.45. The Labute approximate surface area is 310 Å². The zero-order valence-electron chi connectivity index (χ0n) is 31.4. The fraction of sp³-hybridized carbons (Fsp3) is 0.450. The van der Waals surface area contributed by atoms with Gasteiger partial charge in [0.25, 0.3) is 0 Å². The molecule has 0 amide bonds. The van der Waals surface area contributed by atoms with Crippen LogP contribution in [0.15, 0.2) is 57.9 Å². The Morgan fingerprint density at radius 1 is 0.981 bits per heavy atom. The molecule has 1 N–H and O–H groups in total. The van der Waals surface area contributed by atoms with Gasteiger partial charge in [0, 0.05) is 101 Å². The molecule has 0 unspecified atom stereocenters. The minimum absolute atomic E-state index is 0.327. The Morgan fingerprint density at radius 2 is 1.77 bits per heavy atom. The number of piperazine rings is 1. The lowest BCUT2D eigenvalue weighted by molar-refractivity contribution is -0.646. The van der Waals surface area contributed by atoms with E-state index in [-0.39, 0.29) is 5.82 Å². The molecule has 2 aliphatic rings. The number of pyridine rings is 1. The van der Waals surface area contributed by atoms with Crippen LogP contribution in [0.3, 0.4) is 0 Å². The smallest absolute Gasteiger partial charge is 0.343 e. The van der Waals surface area contributed by atoms with Gasteiger partial charge in [-0.25, -0.2) is 9.18 Å². The van der Waals surface area contributed by atoms with E-state index in [9.17, 15) is 4.79 Å². The van der Waals surface area contributed by atoms with E-state index >= 15 is 4.39 Å². The van der Waals surface area contributed by atoms with Crippen LogP contribution in [0.5, 0.6) is 0 Å². The second-order valence-corrected chi connectivity index (χ2v) is 14.0. The van der Waals surface area contributed by atoms with E-state index in [1.165, 1.54) is 0 Å². The van der Waals surface area contributed by atoms with Gasteiger partial charge in [-0.1, -0.05) is 5.21 Å². The van der Waals surface area contributed by atoms with Crippen molar-refractivity contribution in [3.63, 3.8) is 0 Å². The Hall–Kier alpha value is -4.85. The number of benzene rings is 2. The third kappa shape index (κ3) is 8.37. The van der Waals surface area contributed by atoms with Crippen molar-refractivity contribution in [2.45, 2.75) is 33.4 Å². The van der Waals surface area contributed by atoms with Gasteiger partial charge in [-0.05, 0) is 57.7 Å². The first-order valence-electron chi connectivity index (χ1n) is 18.8. The highest BCUT2D eigenvalue weighted by atomic mass is 19.1. The molecule has 12 nitrogen and oxygen atoms in total. The number of aromatic nitrogens is 4. The highest BCUT2D eigenvalue weighted by Crippen LogP contribution is 2.31. The summed E-state index contributed by atoms with van der Waals surface area (Å²) in [6, 6.07) is 13.5. The third-order valence-electron chi connectivity index (χ3n) is 10.6. The van der Waals surface area contributed by atoms with Crippen molar-refractivity contribution < 1.29 is 18.1 Å². The minimum Gasteiger partial charge on any atom is -0.422 e. The molecule has 7 rings (SSSR count). The number of aryl methyl sites for hydroxylation is 2. The van der Waals surface area contributed by atoms with E-state index in [1.807, 2.05) is 58.9 Å². The number of anilines is 3. The molecule has 0 saturated carbocycles. The van der Waals surface area contributed by atoms with Crippen molar-refractivity contribution in [2.24, 2.45) is 7.05 Å². The molecule has 0 atom stereocenters. The maximum atomic E-state index is 15.8. The molecule has 2 aromatic carbocycles. The SMILES string of the molecule is CCN(CC)c1ccc2cc(/C=C/c3cc(N4CCN(C)CC4)c4cc(F)c(NCc5cn(CCCN6CCOCC6)nn5)cc4[n+]3C)c(=O)oc2c1. The normalized spacial score (nSPS) is 16.0. The standard InChI is InChI=1S/C40H50FN9O3/c1-5-48(6-2)33-11-8-29-22-30(40(51)53-39(29)24-33)9-10-32-23-38(49-16-14-45(3)15-17-49)34-25-35(41)36(26-37(34)46(32)4)42-27-31-28-50(44-43-31)13-7-12-47-18-20-52-21-19-47/h8-11,22-26,28H,5-7,12-21,27H2,1-4H3/p+1/b10-9+. The van der Waals surface area contributed by atoms with E-state index < -0.39 is 5.63 Å². The quantitative estimate of drug-likeness (QED) is 0.137. The van der Waals surface area contributed by atoms with Gasteiger partial charge in [-0.15, -0.1) is 5.10 Å². The summed E-state index contributed by atoms with van der Waals surface area (Å²) in [4.78, 5) is 22.4. The Balaban J connectivity index is 1.15. The summed E-state index contributed by atoms with van der Waals surface area (Å²) in [6.45, 7) is 15.1. The molecule has 3 aromatic heterocycles. The molecule has 0 bridgehead atoms. The zero-order valence-corrected chi connectivity index (χ0v) is 31.4. The Kier molecular flexibility index (Phi) is 11.3. The molecular formula is C40H51FN9O3+. The minimum atomic E-state index is -0.393. The molecule has 280 valence electrons. The average molecular weight is 725 g/mol. The first-order valence-corrected chi connectivity index (χ1v) is 18.8. The maximum absolute atomic E-state index is 15.8. The summed E-state index contributed by atoms with van der Waals surface area (Å²) in [5, 5.41) is 13.6. The van der Waals surface area contributed by atoms with Crippen LogP contribution in [0.25, 0.3) is 34.0 Å². The number of hydrogen-bond acceptors (Lipinski definition) is 10. The summed E-state index contributed by atoms with van der Waals surface area (Å²) < 4.78 is 31.0. The van der Waals surface area contributed by atoms with Gasteiger partial charge in [-0.3, -0.25) is 9.58 Å². The van der Waals surface area contributed by atoms with Gasteiger partial charge in [0.05, 0.1) is 48.3 Å². The Morgan fingerprint density at radius 3 is 2.55 bits per heavy atom. The molecule has 2 aliphatic heterocycles. The van der Waals surface area contributed by atoms with Crippen molar-refractivity contribution in [1.29, 1.82) is 0 Å². The van der Waals surface area contributed by atoms with Crippen LogP contribution in [-0.2, 0) is 24.9 Å². The fourth-order valence-corrected chi connectivity index (χ4v) is 7.29. The molecular weight excluding hydrogens is 673 g/mol. The number of likely N-dealkylation sites (N-methyl/N-ethyl adjacent to an activating group) is 1. The summed E-state index contributed by atoms with van der Waals surface area (Å²) in [5.74, 6) is -0.327. The van der Waals surface area contributed by atoms with Gasteiger partial charge in [0.2, 0.25) is 11.2 Å².